The van der Waals surface area contributed by atoms with Gasteiger partial charge in [0.2, 0.25) is 11.8 Å². The largest absolute Gasteiger partial charge is 0.473 e. The molecule has 4 rings (SSSR count). The van der Waals surface area contributed by atoms with Gasteiger partial charge in [-0.05, 0) is 18.2 Å². The Morgan fingerprint density at radius 3 is 2.79 bits per heavy atom. The first-order chi connectivity index (χ1) is 16.0. The van der Waals surface area contributed by atoms with Crippen LogP contribution in [0, 0.1) is 0 Å². The standard InChI is InChI=1S/C24H30N6O3/c1-25-22(31)8-11-30-12-13-32-19(15-30)16-33-24-23-21(26-9-10-27-23)14-20(28-24)17-4-6-18(7-5-17)29(2)3/h4-7,9-10,14,19H,8,11-13,15-16H2,1-3H3,(H,25,31). The minimum atomic E-state index is -0.111. The summed E-state index contributed by atoms with van der Waals surface area (Å²) in [7, 11) is 5.68. The number of hydrogen-bond donors (Lipinski definition) is 1. The summed E-state index contributed by atoms with van der Waals surface area (Å²) in [5, 5.41) is 2.66. The molecule has 33 heavy (non-hydrogen) atoms. The first kappa shape index (κ1) is 22.9. The van der Waals surface area contributed by atoms with Gasteiger partial charge in [-0.3, -0.25) is 14.7 Å². The van der Waals surface area contributed by atoms with Crippen molar-refractivity contribution in [2.24, 2.45) is 0 Å². The number of ether oxygens (including phenoxy) is 2. The van der Waals surface area contributed by atoms with Crippen LogP contribution in [0.1, 0.15) is 6.42 Å². The molecule has 3 aromatic rings. The Morgan fingerprint density at radius 2 is 2.03 bits per heavy atom. The van der Waals surface area contributed by atoms with Crippen LogP contribution in [-0.4, -0.2) is 85.9 Å². The molecule has 1 unspecified atom stereocenters. The fraction of sp³-hybridized carbons (Fsp3) is 0.417. The molecule has 9 heteroatoms. The van der Waals surface area contributed by atoms with Crippen molar-refractivity contribution in [3.05, 3.63) is 42.7 Å². The van der Waals surface area contributed by atoms with Gasteiger partial charge in [0.1, 0.15) is 12.7 Å². The quantitative estimate of drug-likeness (QED) is 0.557. The number of anilines is 1. The number of aromatic nitrogens is 3. The molecule has 0 aliphatic carbocycles. The molecule has 2 aromatic heterocycles. The summed E-state index contributed by atoms with van der Waals surface area (Å²) in [5.74, 6) is 0.484. The van der Waals surface area contributed by atoms with Crippen LogP contribution in [0.2, 0.25) is 0 Å². The highest BCUT2D eigenvalue weighted by atomic mass is 16.5. The summed E-state index contributed by atoms with van der Waals surface area (Å²) < 4.78 is 12.0. The summed E-state index contributed by atoms with van der Waals surface area (Å²) >= 11 is 0. The maximum absolute atomic E-state index is 11.6. The topological polar surface area (TPSA) is 92.7 Å². The lowest BCUT2D eigenvalue weighted by atomic mass is 10.1. The number of fused-ring (bicyclic) bond motifs is 1. The Morgan fingerprint density at radius 1 is 1.24 bits per heavy atom. The van der Waals surface area contributed by atoms with Crippen LogP contribution < -0.4 is 15.0 Å². The molecule has 0 radical (unpaired) electrons. The average Bonchev–Trinajstić information content (AvgIpc) is 2.86. The van der Waals surface area contributed by atoms with Gasteiger partial charge in [-0.2, -0.15) is 0 Å². The summed E-state index contributed by atoms with van der Waals surface area (Å²) in [5.41, 5.74) is 4.22. The van der Waals surface area contributed by atoms with Gasteiger partial charge >= 0.3 is 0 Å². The normalized spacial score (nSPS) is 16.5. The van der Waals surface area contributed by atoms with Crippen LogP contribution in [0.5, 0.6) is 5.88 Å². The zero-order valence-corrected chi connectivity index (χ0v) is 19.3. The van der Waals surface area contributed by atoms with Crippen molar-refractivity contribution < 1.29 is 14.3 Å². The van der Waals surface area contributed by atoms with E-state index in [1.807, 2.05) is 32.3 Å². The monoisotopic (exact) mass is 450 g/mol. The van der Waals surface area contributed by atoms with E-state index in [9.17, 15) is 4.79 Å². The number of nitrogens with zero attached hydrogens (tertiary/aromatic N) is 5. The zero-order valence-electron chi connectivity index (χ0n) is 19.3. The van der Waals surface area contributed by atoms with Gasteiger partial charge in [-0.15, -0.1) is 0 Å². The van der Waals surface area contributed by atoms with E-state index < -0.39 is 0 Å². The first-order valence-corrected chi connectivity index (χ1v) is 11.1. The van der Waals surface area contributed by atoms with Crippen molar-refractivity contribution in [3.63, 3.8) is 0 Å². The third-order valence-electron chi connectivity index (χ3n) is 5.67. The van der Waals surface area contributed by atoms with Crippen LogP contribution >= 0.6 is 0 Å². The number of rotatable bonds is 8. The van der Waals surface area contributed by atoms with Crippen molar-refractivity contribution in [1.82, 2.24) is 25.2 Å². The van der Waals surface area contributed by atoms with E-state index in [0.29, 0.717) is 44.1 Å². The summed E-state index contributed by atoms with van der Waals surface area (Å²) in [6.07, 6.45) is 3.67. The Kier molecular flexibility index (Phi) is 7.31. The van der Waals surface area contributed by atoms with Crippen LogP contribution in [0.3, 0.4) is 0 Å². The van der Waals surface area contributed by atoms with E-state index in [1.54, 1.807) is 19.4 Å². The summed E-state index contributed by atoms with van der Waals surface area (Å²) in [6.45, 7) is 3.15. The molecule has 1 N–H and O–H groups in total. The lowest BCUT2D eigenvalue weighted by Crippen LogP contribution is -2.46. The molecule has 1 atom stereocenters. The van der Waals surface area contributed by atoms with Crippen LogP contribution in [0.4, 0.5) is 5.69 Å². The highest BCUT2D eigenvalue weighted by Gasteiger charge is 2.22. The number of carbonyl (C=O) groups is 1. The Bertz CT molecular complexity index is 1090. The smallest absolute Gasteiger partial charge is 0.242 e. The maximum Gasteiger partial charge on any atom is 0.242 e. The predicted octanol–water partition coefficient (Wildman–Crippen LogP) is 1.97. The molecule has 1 saturated heterocycles. The van der Waals surface area contributed by atoms with Crippen molar-refractivity contribution in [2.75, 3.05) is 58.9 Å². The molecule has 3 heterocycles. The third-order valence-corrected chi connectivity index (χ3v) is 5.67. The molecule has 0 saturated carbocycles. The lowest BCUT2D eigenvalue weighted by molar-refractivity contribution is -0.121. The van der Waals surface area contributed by atoms with Crippen molar-refractivity contribution in [3.8, 4) is 17.1 Å². The molecule has 1 aliphatic heterocycles. The minimum Gasteiger partial charge on any atom is -0.473 e. The molecule has 0 bridgehead atoms. The number of carbonyl (C=O) groups excluding carboxylic acids is 1. The number of benzene rings is 1. The van der Waals surface area contributed by atoms with Gasteiger partial charge in [0.25, 0.3) is 0 Å². The second kappa shape index (κ2) is 10.5. The van der Waals surface area contributed by atoms with Gasteiger partial charge in [0, 0.05) is 70.8 Å². The molecule has 9 nitrogen and oxygen atoms in total. The van der Waals surface area contributed by atoms with Gasteiger partial charge < -0.3 is 19.7 Å². The Balaban J connectivity index is 1.49. The van der Waals surface area contributed by atoms with Crippen LogP contribution in [0.25, 0.3) is 22.3 Å². The van der Waals surface area contributed by atoms with E-state index >= 15 is 0 Å². The Hall–Kier alpha value is -3.30. The third kappa shape index (κ3) is 5.74. The van der Waals surface area contributed by atoms with Gasteiger partial charge in [-0.1, -0.05) is 12.1 Å². The van der Waals surface area contributed by atoms with Crippen molar-refractivity contribution in [2.45, 2.75) is 12.5 Å². The SMILES string of the molecule is CNC(=O)CCN1CCOC(COc2nc(-c3ccc(N(C)C)cc3)cc3nccnc23)C1. The fourth-order valence-electron chi connectivity index (χ4n) is 3.76. The van der Waals surface area contributed by atoms with Gasteiger partial charge in [0.15, 0.2) is 5.52 Å². The second-order valence-electron chi connectivity index (χ2n) is 8.21. The van der Waals surface area contributed by atoms with E-state index in [1.165, 1.54) is 0 Å². The number of pyridine rings is 1. The van der Waals surface area contributed by atoms with E-state index in [-0.39, 0.29) is 12.0 Å². The number of nitrogens with one attached hydrogen (secondary N) is 1. The average molecular weight is 451 g/mol. The highest BCUT2D eigenvalue weighted by Crippen LogP contribution is 2.28. The number of amides is 1. The van der Waals surface area contributed by atoms with Crippen molar-refractivity contribution >= 4 is 22.6 Å². The molecular weight excluding hydrogens is 420 g/mol. The lowest BCUT2D eigenvalue weighted by Gasteiger charge is -2.32. The first-order valence-electron chi connectivity index (χ1n) is 11.1. The second-order valence-corrected chi connectivity index (χ2v) is 8.21. The highest BCUT2D eigenvalue weighted by molar-refractivity contribution is 5.83. The molecule has 1 aliphatic rings. The maximum atomic E-state index is 11.6. The molecule has 174 valence electrons. The summed E-state index contributed by atoms with van der Waals surface area (Å²) in [6, 6.07) is 10.1. The van der Waals surface area contributed by atoms with E-state index in [0.717, 1.165) is 29.0 Å². The molecule has 0 spiro atoms. The zero-order chi connectivity index (χ0) is 23.2. The van der Waals surface area contributed by atoms with Crippen LogP contribution in [-0.2, 0) is 9.53 Å². The summed E-state index contributed by atoms with van der Waals surface area (Å²) in [4.78, 5) is 29.5. The van der Waals surface area contributed by atoms with Gasteiger partial charge in [-0.25, -0.2) is 9.97 Å². The molecular formula is C24H30N6O3. The molecule has 1 aromatic carbocycles. The molecule has 1 amide bonds. The number of hydrogen-bond acceptors (Lipinski definition) is 8. The predicted molar refractivity (Wildman–Crippen MR) is 127 cm³/mol. The minimum absolute atomic E-state index is 0.0407. The fourth-order valence-corrected chi connectivity index (χ4v) is 3.76. The number of morpholine rings is 1. The molecule has 1 fully saturated rings. The van der Waals surface area contributed by atoms with Gasteiger partial charge in [0.05, 0.1) is 17.8 Å². The van der Waals surface area contributed by atoms with E-state index in [4.69, 9.17) is 14.5 Å². The van der Waals surface area contributed by atoms with Crippen LogP contribution in [0.15, 0.2) is 42.7 Å². The van der Waals surface area contributed by atoms with E-state index in [2.05, 4.69) is 37.2 Å². The Labute approximate surface area is 193 Å². The van der Waals surface area contributed by atoms with Crippen molar-refractivity contribution in [1.29, 1.82) is 0 Å².